The molecule has 21 heavy (non-hydrogen) atoms. The highest BCUT2D eigenvalue weighted by Gasteiger charge is 2.62. The lowest BCUT2D eigenvalue weighted by Gasteiger charge is -2.49. The molecule has 1 amide bonds. The first kappa shape index (κ1) is 12.3. The number of hydrogen-bond donors (Lipinski definition) is 0. The highest BCUT2D eigenvalue weighted by atomic mass is 19.1. The normalized spacial score (nSPS) is 26.0. The fourth-order valence-corrected chi connectivity index (χ4v) is 3.28. The molecule has 2 atom stereocenters. The van der Waals surface area contributed by atoms with Crippen molar-refractivity contribution in [1.29, 1.82) is 0 Å². The SMILES string of the molecule is O=C1N(Cc2ccccc2)C(F)C12C=Cc1ccccc12. The minimum Gasteiger partial charge on any atom is -0.305 e. The van der Waals surface area contributed by atoms with Gasteiger partial charge in [0.15, 0.2) is 6.30 Å². The van der Waals surface area contributed by atoms with E-state index in [1.165, 1.54) is 4.90 Å². The van der Waals surface area contributed by atoms with Gasteiger partial charge in [-0.15, -0.1) is 0 Å². The van der Waals surface area contributed by atoms with Crippen molar-refractivity contribution in [2.75, 3.05) is 0 Å². The van der Waals surface area contributed by atoms with Crippen LogP contribution in [0, 0.1) is 0 Å². The number of nitrogens with zero attached hydrogens (tertiary/aromatic N) is 1. The van der Waals surface area contributed by atoms with Crippen molar-refractivity contribution < 1.29 is 9.18 Å². The molecule has 1 fully saturated rings. The Balaban J connectivity index is 1.65. The van der Waals surface area contributed by atoms with Gasteiger partial charge in [-0.3, -0.25) is 4.79 Å². The lowest BCUT2D eigenvalue weighted by molar-refractivity contribution is -0.170. The van der Waals surface area contributed by atoms with Crippen LogP contribution >= 0.6 is 0 Å². The lowest BCUT2D eigenvalue weighted by atomic mass is 9.73. The molecular weight excluding hydrogens is 265 g/mol. The summed E-state index contributed by atoms with van der Waals surface area (Å²) in [6.07, 6.45) is 2.26. The number of rotatable bonds is 2. The summed E-state index contributed by atoms with van der Waals surface area (Å²) in [6.45, 7) is 0.318. The van der Waals surface area contributed by atoms with Crippen LogP contribution in [0.5, 0.6) is 0 Å². The van der Waals surface area contributed by atoms with E-state index in [0.29, 0.717) is 6.54 Å². The number of likely N-dealkylation sites (tertiary alicyclic amines) is 1. The molecular formula is C18H14FNO. The fourth-order valence-electron chi connectivity index (χ4n) is 3.28. The fraction of sp³-hybridized carbons (Fsp3) is 0.167. The molecule has 1 spiro atoms. The summed E-state index contributed by atoms with van der Waals surface area (Å²) in [7, 11) is 0. The van der Waals surface area contributed by atoms with Gasteiger partial charge in [-0.05, 0) is 16.7 Å². The average molecular weight is 279 g/mol. The average Bonchev–Trinajstić information content (AvgIpc) is 2.95. The summed E-state index contributed by atoms with van der Waals surface area (Å²) in [5, 5.41) is 0. The molecule has 1 heterocycles. The van der Waals surface area contributed by atoms with E-state index in [-0.39, 0.29) is 5.91 Å². The maximum atomic E-state index is 14.8. The van der Waals surface area contributed by atoms with E-state index < -0.39 is 11.7 Å². The molecule has 1 aliphatic carbocycles. The second kappa shape index (κ2) is 4.29. The summed E-state index contributed by atoms with van der Waals surface area (Å²) >= 11 is 0. The second-order valence-corrected chi connectivity index (χ2v) is 5.54. The molecule has 2 aliphatic rings. The van der Waals surface area contributed by atoms with Crippen molar-refractivity contribution in [2.45, 2.75) is 18.3 Å². The first-order valence-corrected chi connectivity index (χ1v) is 7.01. The summed E-state index contributed by atoms with van der Waals surface area (Å²) in [5.74, 6) is -0.153. The number of amides is 1. The molecule has 0 N–H and O–H groups in total. The first-order valence-electron chi connectivity index (χ1n) is 7.01. The number of hydrogen-bond acceptors (Lipinski definition) is 1. The molecule has 2 unspecified atom stereocenters. The molecule has 4 rings (SSSR count). The van der Waals surface area contributed by atoms with Crippen LogP contribution in [0.25, 0.3) is 6.08 Å². The molecule has 1 aliphatic heterocycles. The van der Waals surface area contributed by atoms with E-state index in [2.05, 4.69) is 0 Å². The largest absolute Gasteiger partial charge is 0.305 e. The number of carbonyl (C=O) groups is 1. The summed E-state index contributed by atoms with van der Waals surface area (Å²) in [4.78, 5) is 13.9. The van der Waals surface area contributed by atoms with Crippen molar-refractivity contribution >= 4 is 12.0 Å². The van der Waals surface area contributed by atoms with Gasteiger partial charge in [0.2, 0.25) is 5.91 Å². The number of benzene rings is 2. The van der Waals surface area contributed by atoms with Gasteiger partial charge in [0, 0.05) is 6.54 Å². The predicted octanol–water partition coefficient (Wildman–Crippen LogP) is 3.29. The van der Waals surface area contributed by atoms with Crippen LogP contribution in [-0.2, 0) is 16.8 Å². The van der Waals surface area contributed by atoms with Crippen molar-refractivity contribution in [3.63, 3.8) is 0 Å². The van der Waals surface area contributed by atoms with Crippen molar-refractivity contribution in [3.8, 4) is 0 Å². The maximum absolute atomic E-state index is 14.8. The zero-order valence-corrected chi connectivity index (χ0v) is 11.4. The third kappa shape index (κ3) is 1.54. The van der Waals surface area contributed by atoms with Crippen LogP contribution in [0.15, 0.2) is 60.7 Å². The minimum absolute atomic E-state index is 0.153. The van der Waals surface area contributed by atoms with Gasteiger partial charge >= 0.3 is 0 Å². The zero-order valence-electron chi connectivity index (χ0n) is 11.4. The van der Waals surface area contributed by atoms with Crippen LogP contribution in [0.1, 0.15) is 16.7 Å². The maximum Gasteiger partial charge on any atom is 0.244 e. The Morgan fingerprint density at radius 3 is 2.52 bits per heavy atom. The van der Waals surface area contributed by atoms with E-state index in [0.717, 1.165) is 16.7 Å². The number of carbonyl (C=O) groups excluding carboxylic acids is 1. The monoisotopic (exact) mass is 279 g/mol. The van der Waals surface area contributed by atoms with Crippen molar-refractivity contribution in [3.05, 3.63) is 77.4 Å². The molecule has 104 valence electrons. The molecule has 2 aromatic rings. The van der Waals surface area contributed by atoms with E-state index >= 15 is 0 Å². The zero-order chi connectivity index (χ0) is 14.4. The minimum atomic E-state index is -1.30. The highest BCUT2D eigenvalue weighted by Crippen LogP contribution is 2.49. The van der Waals surface area contributed by atoms with E-state index in [1.54, 1.807) is 6.08 Å². The van der Waals surface area contributed by atoms with Gasteiger partial charge in [-0.25, -0.2) is 4.39 Å². The Hall–Kier alpha value is -2.42. The molecule has 1 saturated heterocycles. The standard InChI is InChI=1S/C18H14FNO/c19-16-18(11-10-14-8-4-5-9-15(14)18)17(21)20(16)12-13-6-2-1-3-7-13/h1-11,16H,12H2. The Morgan fingerprint density at radius 1 is 1.05 bits per heavy atom. The van der Waals surface area contributed by atoms with Crippen LogP contribution in [0.2, 0.25) is 0 Å². The summed E-state index contributed by atoms with van der Waals surface area (Å²) in [6, 6.07) is 17.0. The second-order valence-electron chi connectivity index (χ2n) is 5.54. The van der Waals surface area contributed by atoms with E-state index in [1.807, 2.05) is 60.7 Å². The quantitative estimate of drug-likeness (QED) is 0.610. The van der Waals surface area contributed by atoms with Gasteiger partial charge in [0.1, 0.15) is 5.41 Å². The van der Waals surface area contributed by atoms with Gasteiger partial charge in [0.25, 0.3) is 0 Å². The number of alkyl halides is 1. The molecule has 3 heteroatoms. The Morgan fingerprint density at radius 2 is 1.76 bits per heavy atom. The summed E-state index contributed by atoms with van der Waals surface area (Å²) < 4.78 is 14.8. The van der Waals surface area contributed by atoms with Crippen LogP contribution in [-0.4, -0.2) is 17.1 Å². The third-order valence-electron chi connectivity index (χ3n) is 4.39. The van der Waals surface area contributed by atoms with E-state index in [4.69, 9.17) is 0 Å². The van der Waals surface area contributed by atoms with Crippen molar-refractivity contribution in [2.24, 2.45) is 0 Å². The van der Waals surface area contributed by atoms with Crippen LogP contribution < -0.4 is 0 Å². The van der Waals surface area contributed by atoms with Crippen molar-refractivity contribution in [1.82, 2.24) is 4.90 Å². The molecule has 0 aromatic heterocycles. The Bertz CT molecular complexity index is 740. The highest BCUT2D eigenvalue weighted by molar-refractivity contribution is 6.01. The number of halogens is 1. The van der Waals surface area contributed by atoms with E-state index in [9.17, 15) is 9.18 Å². The topological polar surface area (TPSA) is 20.3 Å². The van der Waals surface area contributed by atoms with Gasteiger partial charge in [-0.1, -0.05) is 66.7 Å². The molecule has 0 bridgehead atoms. The number of fused-ring (bicyclic) bond motifs is 2. The Kier molecular flexibility index (Phi) is 2.52. The molecule has 2 nitrogen and oxygen atoms in total. The first-order chi connectivity index (χ1) is 10.2. The molecule has 2 aromatic carbocycles. The summed E-state index contributed by atoms with van der Waals surface area (Å²) in [5.41, 5.74) is 1.57. The van der Waals surface area contributed by atoms with Crippen LogP contribution in [0.4, 0.5) is 4.39 Å². The third-order valence-corrected chi connectivity index (χ3v) is 4.39. The predicted molar refractivity (Wildman–Crippen MR) is 79.0 cm³/mol. The molecule has 0 saturated carbocycles. The Labute approximate surface area is 122 Å². The lowest BCUT2D eigenvalue weighted by Crippen LogP contribution is -2.67. The smallest absolute Gasteiger partial charge is 0.244 e. The van der Waals surface area contributed by atoms with Gasteiger partial charge < -0.3 is 4.90 Å². The van der Waals surface area contributed by atoms with Gasteiger partial charge in [-0.2, -0.15) is 0 Å². The van der Waals surface area contributed by atoms with Crippen LogP contribution in [0.3, 0.4) is 0 Å². The number of β-lactam (4-membered cyclic amide) rings is 1. The molecule has 0 radical (unpaired) electrons. The van der Waals surface area contributed by atoms with Gasteiger partial charge in [0.05, 0.1) is 0 Å².